The van der Waals surface area contributed by atoms with Crippen LogP contribution in [0.3, 0.4) is 0 Å². The lowest BCUT2D eigenvalue weighted by Gasteiger charge is -2.04. The molecular formula is C21H17NO7. The number of rotatable bonds is 8. The Labute approximate surface area is 165 Å². The molecule has 8 nitrogen and oxygen atoms in total. The van der Waals surface area contributed by atoms with Crippen molar-refractivity contribution < 1.29 is 28.7 Å². The van der Waals surface area contributed by atoms with E-state index in [0.29, 0.717) is 17.1 Å². The number of phenols is 1. The summed E-state index contributed by atoms with van der Waals surface area (Å²) in [5.74, 6) is 0.866. The second kappa shape index (κ2) is 8.75. The van der Waals surface area contributed by atoms with Crippen molar-refractivity contribution in [2.45, 2.75) is 6.61 Å². The Hall–Kier alpha value is -4.07. The summed E-state index contributed by atoms with van der Waals surface area (Å²) in [5, 5.41) is 20.6. The number of nitrogens with zero attached hydrogens (tertiary/aromatic N) is 1. The number of benzene rings is 2. The number of ketones is 1. The van der Waals surface area contributed by atoms with E-state index < -0.39 is 4.92 Å². The van der Waals surface area contributed by atoms with Crippen LogP contribution < -0.4 is 9.47 Å². The number of hydrogen-bond acceptors (Lipinski definition) is 7. The number of methoxy groups -OCH3 is 1. The van der Waals surface area contributed by atoms with Crippen molar-refractivity contribution in [3.63, 3.8) is 0 Å². The molecule has 0 aliphatic heterocycles. The quantitative estimate of drug-likeness (QED) is 0.261. The third-order valence-electron chi connectivity index (χ3n) is 3.98. The Kier molecular flexibility index (Phi) is 5.94. The predicted octanol–water partition coefficient (Wildman–Crippen LogP) is 4.38. The molecule has 0 aliphatic rings. The van der Waals surface area contributed by atoms with Crippen LogP contribution in [-0.4, -0.2) is 22.9 Å². The molecule has 29 heavy (non-hydrogen) atoms. The Morgan fingerprint density at radius 3 is 2.72 bits per heavy atom. The number of allylic oxidation sites excluding steroid dienone is 1. The molecule has 0 radical (unpaired) electrons. The largest absolute Gasteiger partial charge is 0.504 e. The van der Waals surface area contributed by atoms with Crippen molar-refractivity contribution in [2.24, 2.45) is 0 Å². The normalized spacial score (nSPS) is 10.8. The van der Waals surface area contributed by atoms with Crippen LogP contribution >= 0.6 is 0 Å². The maximum Gasteiger partial charge on any atom is 0.310 e. The van der Waals surface area contributed by atoms with Crippen molar-refractivity contribution in [1.29, 1.82) is 0 Å². The van der Waals surface area contributed by atoms with Crippen LogP contribution in [-0.2, 0) is 6.61 Å². The van der Waals surface area contributed by atoms with E-state index in [1.807, 2.05) is 0 Å². The summed E-state index contributed by atoms with van der Waals surface area (Å²) >= 11 is 0. The molecule has 8 heteroatoms. The van der Waals surface area contributed by atoms with Crippen LogP contribution in [0.5, 0.6) is 17.2 Å². The summed E-state index contributed by atoms with van der Waals surface area (Å²) in [6.07, 6.45) is 2.83. The first kappa shape index (κ1) is 19.7. The number of nitro benzene ring substituents is 1. The maximum atomic E-state index is 12.3. The second-order valence-electron chi connectivity index (χ2n) is 5.90. The van der Waals surface area contributed by atoms with E-state index in [0.717, 1.165) is 0 Å². The zero-order valence-corrected chi connectivity index (χ0v) is 15.4. The molecule has 1 heterocycles. The Balaban J connectivity index is 1.64. The monoisotopic (exact) mass is 395 g/mol. The van der Waals surface area contributed by atoms with E-state index in [2.05, 4.69) is 0 Å². The minimum Gasteiger partial charge on any atom is -0.504 e. The number of ether oxygens (including phenoxy) is 2. The molecule has 0 saturated carbocycles. The van der Waals surface area contributed by atoms with Gasteiger partial charge in [-0.15, -0.1) is 0 Å². The summed E-state index contributed by atoms with van der Waals surface area (Å²) in [5.41, 5.74) is 0.219. The molecule has 0 aliphatic carbocycles. The topological polar surface area (TPSA) is 112 Å². The number of aromatic hydroxyl groups is 1. The highest BCUT2D eigenvalue weighted by molar-refractivity contribution is 6.07. The summed E-state index contributed by atoms with van der Waals surface area (Å²) in [4.78, 5) is 22.7. The third kappa shape index (κ3) is 4.81. The van der Waals surface area contributed by atoms with Gasteiger partial charge in [-0.3, -0.25) is 14.9 Å². The van der Waals surface area contributed by atoms with Crippen LogP contribution in [0, 0.1) is 10.1 Å². The average molecular weight is 395 g/mol. The number of nitro groups is 1. The van der Waals surface area contributed by atoms with Crippen molar-refractivity contribution in [1.82, 2.24) is 0 Å². The lowest BCUT2D eigenvalue weighted by atomic mass is 10.1. The van der Waals surface area contributed by atoms with E-state index in [-0.39, 0.29) is 35.3 Å². The Bertz CT molecular complexity index is 1070. The fraction of sp³-hybridized carbons (Fsp3) is 0.0952. The fourth-order valence-corrected chi connectivity index (χ4v) is 2.53. The molecule has 2 aromatic carbocycles. The molecule has 0 unspecified atom stereocenters. The standard InChI is InChI=1S/C21H17NO7/c1-27-21-12-14(6-10-19(21)24)18(23)11-9-15-7-8-16(29-15)13-28-20-5-3-2-4-17(20)22(25)26/h2-12,24H,13H2,1H3/b11-9+. The van der Waals surface area contributed by atoms with Crippen molar-refractivity contribution in [2.75, 3.05) is 7.11 Å². The predicted molar refractivity (Wildman–Crippen MR) is 104 cm³/mol. The molecule has 148 valence electrons. The van der Waals surface area contributed by atoms with E-state index in [1.54, 1.807) is 24.3 Å². The summed E-state index contributed by atoms with van der Waals surface area (Å²) in [7, 11) is 1.40. The van der Waals surface area contributed by atoms with Gasteiger partial charge >= 0.3 is 5.69 Å². The molecule has 0 spiro atoms. The van der Waals surface area contributed by atoms with Crippen molar-refractivity contribution in [3.8, 4) is 17.2 Å². The highest BCUT2D eigenvalue weighted by atomic mass is 16.6. The summed E-state index contributed by atoms with van der Waals surface area (Å²) in [6.45, 7) is 0.00179. The first-order chi connectivity index (χ1) is 14.0. The smallest absolute Gasteiger partial charge is 0.310 e. The van der Waals surface area contributed by atoms with Gasteiger partial charge in [0.25, 0.3) is 0 Å². The molecule has 1 aromatic heterocycles. The molecule has 0 atom stereocenters. The lowest BCUT2D eigenvalue weighted by molar-refractivity contribution is -0.386. The van der Waals surface area contributed by atoms with Gasteiger partial charge in [0.2, 0.25) is 0 Å². The zero-order valence-electron chi connectivity index (χ0n) is 15.4. The van der Waals surface area contributed by atoms with Gasteiger partial charge in [-0.1, -0.05) is 12.1 Å². The first-order valence-corrected chi connectivity index (χ1v) is 8.52. The van der Waals surface area contributed by atoms with Gasteiger partial charge in [0.05, 0.1) is 12.0 Å². The number of para-hydroxylation sites is 2. The second-order valence-corrected chi connectivity index (χ2v) is 5.90. The van der Waals surface area contributed by atoms with Crippen LogP contribution in [0.4, 0.5) is 5.69 Å². The highest BCUT2D eigenvalue weighted by Gasteiger charge is 2.14. The van der Waals surface area contributed by atoms with Crippen molar-refractivity contribution >= 4 is 17.5 Å². The minimum absolute atomic E-state index is 0.00179. The number of carbonyl (C=O) groups is 1. The SMILES string of the molecule is COc1cc(C(=O)/C=C/c2ccc(COc3ccccc3[N+](=O)[O-])o2)ccc1O. The van der Waals surface area contributed by atoms with Gasteiger partial charge in [0.1, 0.15) is 18.1 Å². The number of furan rings is 1. The average Bonchev–Trinajstić information content (AvgIpc) is 3.19. The Morgan fingerprint density at radius 2 is 1.97 bits per heavy atom. The molecule has 3 aromatic rings. The highest BCUT2D eigenvalue weighted by Crippen LogP contribution is 2.28. The third-order valence-corrected chi connectivity index (χ3v) is 3.98. The van der Waals surface area contributed by atoms with Crippen LogP contribution in [0.1, 0.15) is 21.9 Å². The summed E-state index contributed by atoms with van der Waals surface area (Å²) < 4.78 is 16.0. The first-order valence-electron chi connectivity index (χ1n) is 8.52. The van der Waals surface area contributed by atoms with Gasteiger partial charge in [0.15, 0.2) is 23.0 Å². The molecular weight excluding hydrogens is 378 g/mol. The van der Waals surface area contributed by atoms with Crippen LogP contribution in [0.15, 0.2) is 65.1 Å². The van der Waals surface area contributed by atoms with Crippen LogP contribution in [0.2, 0.25) is 0 Å². The molecule has 0 saturated heterocycles. The number of phenolic OH excluding ortho intramolecular Hbond substituents is 1. The van der Waals surface area contributed by atoms with Gasteiger partial charge in [-0.2, -0.15) is 0 Å². The molecule has 3 rings (SSSR count). The Morgan fingerprint density at radius 1 is 1.17 bits per heavy atom. The number of carbonyl (C=O) groups excluding carboxylic acids is 1. The molecule has 0 bridgehead atoms. The van der Waals surface area contributed by atoms with E-state index >= 15 is 0 Å². The van der Waals surface area contributed by atoms with Gasteiger partial charge in [0, 0.05) is 11.6 Å². The number of hydrogen-bond donors (Lipinski definition) is 1. The molecule has 0 fully saturated rings. The zero-order chi connectivity index (χ0) is 20.8. The fourth-order valence-electron chi connectivity index (χ4n) is 2.53. The van der Waals surface area contributed by atoms with Crippen molar-refractivity contribution in [3.05, 3.63) is 87.9 Å². The van der Waals surface area contributed by atoms with E-state index in [9.17, 15) is 20.0 Å². The molecule has 0 amide bonds. The van der Waals surface area contributed by atoms with Gasteiger partial charge in [-0.05, 0) is 48.6 Å². The van der Waals surface area contributed by atoms with Crippen LogP contribution in [0.25, 0.3) is 6.08 Å². The van der Waals surface area contributed by atoms with E-state index in [1.165, 1.54) is 49.6 Å². The van der Waals surface area contributed by atoms with Gasteiger partial charge < -0.3 is 19.0 Å². The maximum absolute atomic E-state index is 12.3. The van der Waals surface area contributed by atoms with E-state index in [4.69, 9.17) is 13.9 Å². The molecule has 1 N–H and O–H groups in total. The lowest BCUT2D eigenvalue weighted by Crippen LogP contribution is -1.98. The van der Waals surface area contributed by atoms with Gasteiger partial charge in [-0.25, -0.2) is 0 Å². The minimum atomic E-state index is -0.518. The summed E-state index contributed by atoms with van der Waals surface area (Å²) in [6, 6.07) is 13.7.